The highest BCUT2D eigenvalue weighted by atomic mass is 35.5. The number of methoxy groups -OCH3 is 1. The highest BCUT2D eigenvalue weighted by Gasteiger charge is 2.43. The SMILES string of the molecule is CCOC(=O)C1(Cc2ccc(Cl)cc2)CCN(C(=O)c2ccc(COC)s2)CC1. The third-order valence-electron chi connectivity index (χ3n) is 5.33. The summed E-state index contributed by atoms with van der Waals surface area (Å²) >= 11 is 7.45. The maximum Gasteiger partial charge on any atom is 0.312 e. The monoisotopic (exact) mass is 435 g/mol. The standard InChI is InChI=1S/C22H26ClNO4S/c1-3-28-21(26)22(14-16-4-6-17(23)7-5-16)10-12-24(13-11-22)20(25)19-9-8-18(29-19)15-27-2/h4-9H,3,10-15H2,1-2H3. The molecule has 1 amide bonds. The molecule has 7 heteroatoms. The van der Waals surface area contributed by atoms with Gasteiger partial charge in [-0.25, -0.2) is 0 Å². The normalized spacial score (nSPS) is 15.9. The highest BCUT2D eigenvalue weighted by Crippen LogP contribution is 2.37. The van der Waals surface area contributed by atoms with Crippen molar-refractivity contribution in [2.45, 2.75) is 32.8 Å². The average Bonchev–Trinajstić information content (AvgIpc) is 3.19. The molecule has 1 aliphatic rings. The van der Waals surface area contributed by atoms with E-state index in [4.69, 9.17) is 21.1 Å². The molecule has 0 atom stereocenters. The third kappa shape index (κ3) is 5.18. The zero-order valence-electron chi connectivity index (χ0n) is 16.8. The third-order valence-corrected chi connectivity index (χ3v) is 6.63. The Hall–Kier alpha value is -1.89. The number of esters is 1. The van der Waals surface area contributed by atoms with Crippen molar-refractivity contribution in [3.8, 4) is 0 Å². The van der Waals surface area contributed by atoms with Crippen molar-refractivity contribution in [2.24, 2.45) is 5.41 Å². The number of hydrogen-bond acceptors (Lipinski definition) is 5. The molecule has 1 aliphatic heterocycles. The van der Waals surface area contributed by atoms with E-state index in [0.29, 0.717) is 55.5 Å². The number of ether oxygens (including phenoxy) is 2. The summed E-state index contributed by atoms with van der Waals surface area (Å²) in [6.07, 6.45) is 1.75. The van der Waals surface area contributed by atoms with Gasteiger partial charge in [-0.2, -0.15) is 0 Å². The van der Waals surface area contributed by atoms with Crippen LogP contribution in [0.4, 0.5) is 0 Å². The van der Waals surface area contributed by atoms with E-state index in [9.17, 15) is 9.59 Å². The Kier molecular flexibility index (Phi) is 7.33. The van der Waals surface area contributed by atoms with E-state index in [0.717, 1.165) is 10.4 Å². The minimum absolute atomic E-state index is 0.0151. The second-order valence-electron chi connectivity index (χ2n) is 7.30. The summed E-state index contributed by atoms with van der Waals surface area (Å²) in [6.45, 7) is 3.73. The van der Waals surface area contributed by atoms with Crippen LogP contribution in [0, 0.1) is 5.41 Å². The quantitative estimate of drug-likeness (QED) is 0.597. The Labute approximate surface area is 180 Å². The van der Waals surface area contributed by atoms with Crippen molar-refractivity contribution in [3.05, 3.63) is 56.7 Å². The Balaban J connectivity index is 1.71. The smallest absolute Gasteiger partial charge is 0.312 e. The molecule has 29 heavy (non-hydrogen) atoms. The fraction of sp³-hybridized carbons (Fsp3) is 0.455. The number of rotatable bonds is 7. The summed E-state index contributed by atoms with van der Waals surface area (Å²) < 4.78 is 10.5. The maximum absolute atomic E-state index is 12.9. The molecule has 0 saturated carbocycles. The minimum atomic E-state index is -0.614. The van der Waals surface area contributed by atoms with Crippen molar-refractivity contribution < 1.29 is 19.1 Å². The van der Waals surface area contributed by atoms with Gasteiger partial charge in [-0.1, -0.05) is 23.7 Å². The van der Waals surface area contributed by atoms with Gasteiger partial charge in [0.2, 0.25) is 0 Å². The maximum atomic E-state index is 12.9. The Morgan fingerprint density at radius 1 is 1.14 bits per heavy atom. The summed E-state index contributed by atoms with van der Waals surface area (Å²) in [5.74, 6) is -0.165. The molecule has 0 unspecified atom stereocenters. The Bertz CT molecular complexity index is 841. The number of carbonyl (C=O) groups excluding carboxylic acids is 2. The number of likely N-dealkylation sites (tertiary alicyclic amines) is 1. The Morgan fingerprint density at radius 3 is 2.45 bits per heavy atom. The summed E-state index contributed by atoms with van der Waals surface area (Å²) in [7, 11) is 1.64. The van der Waals surface area contributed by atoms with Crippen LogP contribution in [0.2, 0.25) is 5.02 Å². The molecule has 2 heterocycles. The van der Waals surface area contributed by atoms with Crippen molar-refractivity contribution in [3.63, 3.8) is 0 Å². The van der Waals surface area contributed by atoms with E-state index in [1.54, 1.807) is 7.11 Å². The lowest BCUT2D eigenvalue weighted by Crippen LogP contribution is -2.48. The second kappa shape index (κ2) is 9.74. The number of nitrogens with zero attached hydrogens (tertiary/aromatic N) is 1. The number of thiophene rings is 1. The zero-order chi connectivity index (χ0) is 20.9. The van der Waals surface area contributed by atoms with Gasteiger partial charge < -0.3 is 14.4 Å². The lowest BCUT2D eigenvalue weighted by Gasteiger charge is -2.40. The van der Waals surface area contributed by atoms with Crippen LogP contribution in [0.5, 0.6) is 0 Å². The van der Waals surface area contributed by atoms with Crippen molar-refractivity contribution in [2.75, 3.05) is 26.8 Å². The molecule has 0 radical (unpaired) electrons. The van der Waals surface area contributed by atoms with Crippen LogP contribution in [-0.2, 0) is 27.3 Å². The number of hydrogen-bond donors (Lipinski definition) is 0. The zero-order valence-corrected chi connectivity index (χ0v) is 18.4. The van der Waals surface area contributed by atoms with Crippen molar-refractivity contribution in [1.29, 1.82) is 0 Å². The van der Waals surface area contributed by atoms with E-state index in [1.165, 1.54) is 11.3 Å². The van der Waals surface area contributed by atoms with Crippen LogP contribution < -0.4 is 0 Å². The van der Waals surface area contributed by atoms with E-state index >= 15 is 0 Å². The summed E-state index contributed by atoms with van der Waals surface area (Å²) in [4.78, 5) is 29.3. The molecule has 0 bridgehead atoms. The van der Waals surface area contributed by atoms with Crippen LogP contribution in [0.15, 0.2) is 36.4 Å². The molecular formula is C22H26ClNO4S. The molecule has 1 aromatic carbocycles. The predicted octanol–water partition coefficient (Wildman–Crippen LogP) is 4.58. The van der Waals surface area contributed by atoms with Gasteiger partial charge in [0.1, 0.15) is 0 Å². The molecule has 1 aromatic heterocycles. The van der Waals surface area contributed by atoms with Crippen molar-refractivity contribution >= 4 is 34.8 Å². The number of benzene rings is 1. The molecule has 0 N–H and O–H groups in total. The summed E-state index contributed by atoms with van der Waals surface area (Å²) in [5, 5.41) is 0.670. The van der Waals surface area contributed by atoms with E-state index in [-0.39, 0.29) is 11.9 Å². The minimum Gasteiger partial charge on any atom is -0.466 e. The van der Waals surface area contributed by atoms with Gasteiger partial charge in [0.05, 0.1) is 23.5 Å². The molecule has 2 aromatic rings. The fourth-order valence-corrected chi connectivity index (χ4v) is 4.81. The topological polar surface area (TPSA) is 55.8 Å². The Morgan fingerprint density at radius 2 is 1.83 bits per heavy atom. The first-order valence-corrected chi connectivity index (χ1v) is 11.0. The molecule has 0 spiro atoms. The highest BCUT2D eigenvalue weighted by molar-refractivity contribution is 7.14. The number of carbonyl (C=O) groups is 2. The van der Waals surface area contributed by atoms with Gasteiger partial charge in [0.25, 0.3) is 5.91 Å². The van der Waals surface area contributed by atoms with Gasteiger partial charge in [-0.05, 0) is 56.0 Å². The van der Waals surface area contributed by atoms with Gasteiger partial charge in [0.15, 0.2) is 0 Å². The predicted molar refractivity (Wildman–Crippen MR) is 114 cm³/mol. The van der Waals surface area contributed by atoms with Crippen LogP contribution in [0.25, 0.3) is 0 Å². The molecule has 0 aliphatic carbocycles. The largest absolute Gasteiger partial charge is 0.466 e. The average molecular weight is 436 g/mol. The summed E-state index contributed by atoms with van der Waals surface area (Å²) in [5.41, 5.74) is 0.432. The first-order chi connectivity index (χ1) is 14.0. The number of halogens is 1. The second-order valence-corrected chi connectivity index (χ2v) is 8.90. The lowest BCUT2D eigenvalue weighted by atomic mass is 9.73. The lowest BCUT2D eigenvalue weighted by molar-refractivity contribution is -0.158. The van der Waals surface area contributed by atoms with Crippen molar-refractivity contribution in [1.82, 2.24) is 4.90 Å². The first kappa shape index (κ1) is 21.8. The molecule has 5 nitrogen and oxygen atoms in total. The van der Waals surface area contributed by atoms with Crippen LogP contribution in [0.3, 0.4) is 0 Å². The molecule has 1 fully saturated rings. The summed E-state index contributed by atoms with van der Waals surface area (Å²) in [6, 6.07) is 11.3. The first-order valence-electron chi connectivity index (χ1n) is 9.76. The van der Waals surface area contributed by atoms with Gasteiger partial charge in [-0.15, -0.1) is 11.3 Å². The van der Waals surface area contributed by atoms with E-state index < -0.39 is 5.41 Å². The van der Waals surface area contributed by atoms with Crippen LogP contribution in [-0.4, -0.2) is 43.6 Å². The molecule has 3 rings (SSSR count). The van der Waals surface area contributed by atoms with Crippen LogP contribution in [0.1, 0.15) is 39.9 Å². The van der Waals surface area contributed by atoms with E-state index in [1.807, 2.05) is 48.2 Å². The molecular weight excluding hydrogens is 410 g/mol. The number of piperidine rings is 1. The van der Waals surface area contributed by atoms with Crippen LogP contribution >= 0.6 is 22.9 Å². The number of amides is 1. The van der Waals surface area contributed by atoms with Gasteiger partial charge in [-0.3, -0.25) is 9.59 Å². The van der Waals surface area contributed by atoms with Gasteiger partial charge in [0, 0.05) is 30.1 Å². The van der Waals surface area contributed by atoms with E-state index in [2.05, 4.69) is 0 Å². The fourth-order valence-electron chi connectivity index (χ4n) is 3.74. The molecule has 156 valence electrons. The van der Waals surface area contributed by atoms with Gasteiger partial charge >= 0.3 is 5.97 Å². The molecule has 1 saturated heterocycles.